The molecule has 110 valence electrons. The first kappa shape index (κ1) is 15.3. The predicted molar refractivity (Wildman–Crippen MR) is 102 cm³/mol. The molecule has 0 aromatic heterocycles. The summed E-state index contributed by atoms with van der Waals surface area (Å²) in [6.45, 7) is 2.16. The van der Waals surface area contributed by atoms with Crippen molar-refractivity contribution in [2.75, 3.05) is 6.26 Å². The second kappa shape index (κ2) is 7.13. The van der Waals surface area contributed by atoms with Gasteiger partial charge in [0, 0.05) is 4.90 Å². The second-order valence-electron chi connectivity index (χ2n) is 5.18. The van der Waals surface area contributed by atoms with Gasteiger partial charge >= 0.3 is 0 Å². The van der Waals surface area contributed by atoms with Gasteiger partial charge in [0.25, 0.3) is 0 Å². The van der Waals surface area contributed by atoms with Crippen LogP contribution in [0.3, 0.4) is 0 Å². The van der Waals surface area contributed by atoms with Crippen LogP contribution in [-0.2, 0) is 0 Å². The fourth-order valence-corrected chi connectivity index (χ4v) is 5.98. The van der Waals surface area contributed by atoms with E-state index in [1.165, 1.54) is 26.4 Å². The molecule has 0 aliphatic rings. The van der Waals surface area contributed by atoms with E-state index in [-0.39, 0.29) is 0 Å². The maximum Gasteiger partial charge on any atom is 0.0155 e. The lowest BCUT2D eigenvalue weighted by Crippen LogP contribution is -2.21. The third-order valence-electron chi connectivity index (χ3n) is 3.60. The Morgan fingerprint density at radius 2 is 1.27 bits per heavy atom. The Balaban J connectivity index is 2.19. The molecule has 0 saturated heterocycles. The summed E-state index contributed by atoms with van der Waals surface area (Å²) < 4.78 is 0. The zero-order valence-electron chi connectivity index (χ0n) is 12.9. The van der Waals surface area contributed by atoms with E-state index in [2.05, 4.69) is 92.0 Å². The van der Waals surface area contributed by atoms with E-state index in [1.54, 1.807) is 0 Å². The summed E-state index contributed by atoms with van der Waals surface area (Å²) in [7, 11) is -0.506. The summed E-state index contributed by atoms with van der Waals surface area (Å²) in [5.74, 6) is 0. The Morgan fingerprint density at radius 1 is 0.727 bits per heavy atom. The van der Waals surface area contributed by atoms with Crippen molar-refractivity contribution in [1.29, 1.82) is 0 Å². The fourth-order valence-electron chi connectivity index (χ4n) is 2.55. The minimum atomic E-state index is -0.506. The average Bonchev–Trinajstić information content (AvgIpc) is 2.58. The van der Waals surface area contributed by atoms with E-state index in [4.69, 9.17) is 0 Å². The van der Waals surface area contributed by atoms with Crippen LogP contribution in [-0.4, -0.2) is 6.26 Å². The molecule has 0 amide bonds. The zero-order chi connectivity index (χ0) is 15.4. The van der Waals surface area contributed by atoms with Gasteiger partial charge in [-0.2, -0.15) is 0 Å². The van der Waals surface area contributed by atoms with Crippen LogP contribution in [0.5, 0.6) is 0 Å². The van der Waals surface area contributed by atoms with Gasteiger partial charge in [-0.05, 0) is 48.6 Å². The van der Waals surface area contributed by atoms with Gasteiger partial charge in [0.05, 0.1) is 0 Å². The maximum absolute atomic E-state index is 2.31. The monoisotopic (exact) mass is 322 g/mol. The number of rotatable bonds is 4. The third-order valence-corrected chi connectivity index (χ3v) is 7.03. The molecule has 2 heteroatoms. The van der Waals surface area contributed by atoms with Crippen LogP contribution in [0.25, 0.3) is 0 Å². The first-order valence-electron chi connectivity index (χ1n) is 7.34. The molecule has 22 heavy (non-hydrogen) atoms. The van der Waals surface area contributed by atoms with Gasteiger partial charge in [0.1, 0.15) is 0 Å². The highest BCUT2D eigenvalue weighted by Crippen LogP contribution is 2.36. The summed E-state index contributed by atoms with van der Waals surface area (Å²) in [6, 6.07) is 28.6. The van der Waals surface area contributed by atoms with Crippen LogP contribution < -0.4 is 15.9 Å². The number of thioether (sulfide) groups is 1. The van der Waals surface area contributed by atoms with E-state index < -0.39 is 7.92 Å². The van der Waals surface area contributed by atoms with Crippen molar-refractivity contribution in [2.24, 2.45) is 0 Å². The van der Waals surface area contributed by atoms with Gasteiger partial charge < -0.3 is 0 Å². The molecule has 0 heterocycles. The van der Waals surface area contributed by atoms with E-state index in [1.807, 2.05) is 11.8 Å². The van der Waals surface area contributed by atoms with E-state index in [9.17, 15) is 0 Å². The number of benzene rings is 3. The molecule has 0 radical (unpaired) electrons. The second-order valence-corrected chi connectivity index (χ2v) is 8.22. The molecule has 0 aliphatic heterocycles. The van der Waals surface area contributed by atoms with Gasteiger partial charge in [-0.15, -0.1) is 11.8 Å². The van der Waals surface area contributed by atoms with Gasteiger partial charge in [-0.3, -0.25) is 0 Å². The molecule has 0 unspecified atom stereocenters. The Bertz CT molecular complexity index is 699. The number of hydrogen-bond donors (Lipinski definition) is 0. The van der Waals surface area contributed by atoms with Crippen molar-refractivity contribution in [1.82, 2.24) is 0 Å². The number of aryl methyl sites for hydroxylation is 1. The molecule has 0 aliphatic carbocycles. The standard InChI is InChI=1S/C20H19PS/c1-16-13-14-19(20(15-16)22-2)21(17-9-5-3-6-10-17)18-11-7-4-8-12-18/h3-15H,1-2H3. The van der Waals surface area contributed by atoms with E-state index in [0.717, 1.165) is 0 Å². The molecular formula is C20H19PS. The third kappa shape index (κ3) is 3.27. The van der Waals surface area contributed by atoms with Crippen molar-refractivity contribution in [3.8, 4) is 0 Å². The summed E-state index contributed by atoms with van der Waals surface area (Å²) in [4.78, 5) is 1.39. The zero-order valence-corrected chi connectivity index (χ0v) is 14.6. The quantitative estimate of drug-likeness (QED) is 0.504. The molecular weight excluding hydrogens is 303 g/mol. The Kier molecular flexibility index (Phi) is 4.97. The summed E-state index contributed by atoms with van der Waals surface area (Å²) in [5.41, 5.74) is 1.32. The van der Waals surface area contributed by atoms with Crippen molar-refractivity contribution in [3.63, 3.8) is 0 Å². The molecule has 0 nitrogen and oxygen atoms in total. The van der Waals surface area contributed by atoms with Crippen LogP contribution in [0.15, 0.2) is 83.8 Å². The molecule has 3 aromatic carbocycles. The SMILES string of the molecule is CSc1cc(C)ccc1P(c1ccccc1)c1ccccc1. The van der Waals surface area contributed by atoms with Crippen LogP contribution in [0, 0.1) is 6.92 Å². The van der Waals surface area contributed by atoms with Crippen molar-refractivity contribution in [2.45, 2.75) is 11.8 Å². The Labute approximate surface area is 138 Å². The van der Waals surface area contributed by atoms with Gasteiger partial charge in [0.2, 0.25) is 0 Å². The highest BCUT2D eigenvalue weighted by atomic mass is 32.2. The highest BCUT2D eigenvalue weighted by Gasteiger charge is 2.18. The van der Waals surface area contributed by atoms with Gasteiger partial charge in [-0.1, -0.05) is 72.8 Å². The summed E-state index contributed by atoms with van der Waals surface area (Å²) in [5, 5.41) is 4.26. The molecule has 3 aromatic rings. The van der Waals surface area contributed by atoms with E-state index in [0.29, 0.717) is 0 Å². The maximum atomic E-state index is 2.31. The molecule has 0 bridgehead atoms. The Morgan fingerprint density at radius 3 is 1.77 bits per heavy atom. The highest BCUT2D eigenvalue weighted by molar-refractivity contribution is 7.99. The normalized spacial score (nSPS) is 10.9. The lowest BCUT2D eigenvalue weighted by molar-refractivity contribution is 1.40. The topological polar surface area (TPSA) is 0 Å². The Hall–Kier alpha value is -1.56. The van der Waals surface area contributed by atoms with E-state index >= 15 is 0 Å². The fraction of sp³-hybridized carbons (Fsp3) is 0.100. The molecule has 0 spiro atoms. The molecule has 0 fully saturated rings. The minimum Gasteiger partial charge on any atom is -0.129 e. The first-order valence-corrected chi connectivity index (χ1v) is 9.91. The lowest BCUT2D eigenvalue weighted by Gasteiger charge is -2.22. The van der Waals surface area contributed by atoms with Gasteiger partial charge in [0.15, 0.2) is 0 Å². The minimum absolute atomic E-state index is 0.506. The van der Waals surface area contributed by atoms with Crippen LogP contribution in [0.1, 0.15) is 5.56 Å². The van der Waals surface area contributed by atoms with Crippen molar-refractivity contribution in [3.05, 3.63) is 84.4 Å². The van der Waals surface area contributed by atoms with Gasteiger partial charge in [-0.25, -0.2) is 0 Å². The van der Waals surface area contributed by atoms with Crippen molar-refractivity contribution < 1.29 is 0 Å². The molecule has 3 rings (SSSR count). The van der Waals surface area contributed by atoms with Crippen LogP contribution in [0.2, 0.25) is 0 Å². The summed E-state index contributed by atoms with van der Waals surface area (Å²) >= 11 is 1.84. The number of hydrogen-bond acceptors (Lipinski definition) is 1. The molecule has 0 saturated carbocycles. The molecule has 0 N–H and O–H groups in total. The van der Waals surface area contributed by atoms with Crippen LogP contribution in [0.4, 0.5) is 0 Å². The predicted octanol–water partition coefficient (Wildman–Crippen LogP) is 4.48. The van der Waals surface area contributed by atoms with Crippen molar-refractivity contribution >= 4 is 35.6 Å². The van der Waals surface area contributed by atoms with Crippen LogP contribution >= 0.6 is 19.7 Å². The lowest BCUT2D eigenvalue weighted by atomic mass is 10.2. The average molecular weight is 322 g/mol. The summed E-state index contributed by atoms with van der Waals surface area (Å²) in [6.07, 6.45) is 2.17. The smallest absolute Gasteiger partial charge is 0.0155 e. The largest absolute Gasteiger partial charge is 0.129 e. The molecule has 0 atom stereocenters. The first-order chi connectivity index (χ1) is 10.8.